The summed E-state index contributed by atoms with van der Waals surface area (Å²) in [4.78, 5) is 27.8. The Kier molecular flexibility index (Phi) is 5.47. The number of carbonyl (C=O) groups is 2. The number of ether oxygens (including phenoxy) is 1. The van der Waals surface area contributed by atoms with Crippen LogP contribution in [-0.2, 0) is 0 Å². The smallest absolute Gasteiger partial charge is 0.318 e. The van der Waals surface area contributed by atoms with Crippen LogP contribution in [0.4, 0.5) is 4.79 Å². The van der Waals surface area contributed by atoms with Crippen molar-refractivity contribution < 1.29 is 14.3 Å². The second-order valence-corrected chi connectivity index (χ2v) is 5.33. The van der Waals surface area contributed by atoms with Gasteiger partial charge in [0, 0.05) is 31.7 Å². The zero-order valence-electron chi connectivity index (χ0n) is 13.5. The molecule has 0 bridgehead atoms. The van der Waals surface area contributed by atoms with Crippen molar-refractivity contribution in [1.29, 1.82) is 0 Å². The van der Waals surface area contributed by atoms with Crippen LogP contribution in [0.2, 0.25) is 0 Å². The van der Waals surface area contributed by atoms with Crippen LogP contribution in [-0.4, -0.2) is 61.6 Å². The van der Waals surface area contributed by atoms with Crippen LogP contribution in [0.1, 0.15) is 15.9 Å². The Morgan fingerprint density at radius 2 is 1.91 bits per heavy atom. The number of benzene rings is 1. The molecule has 0 atom stereocenters. The van der Waals surface area contributed by atoms with Crippen molar-refractivity contribution in [1.82, 2.24) is 15.1 Å². The standard InChI is InChI=1S/C17H21N3O3/c1-4-7-18-17(22)20-10-8-19(9-11-20)16(21)14-6-5-13(2)15(12-14)23-3/h1,5-6,12H,7-11H2,2-3H3,(H,18,22). The molecule has 1 fully saturated rings. The minimum absolute atomic E-state index is 0.0491. The molecule has 0 spiro atoms. The maximum Gasteiger partial charge on any atom is 0.318 e. The fourth-order valence-electron chi connectivity index (χ4n) is 2.49. The molecule has 1 aromatic rings. The SMILES string of the molecule is C#CCNC(=O)N1CCN(C(=O)c2ccc(C)c(OC)c2)CC1. The van der Waals surface area contributed by atoms with Gasteiger partial charge < -0.3 is 19.9 Å². The molecule has 6 heteroatoms. The summed E-state index contributed by atoms with van der Waals surface area (Å²) in [6.45, 7) is 4.12. The number of amides is 3. The summed E-state index contributed by atoms with van der Waals surface area (Å²) in [5, 5.41) is 2.63. The lowest BCUT2D eigenvalue weighted by atomic mass is 10.1. The highest BCUT2D eigenvalue weighted by molar-refractivity contribution is 5.95. The van der Waals surface area contributed by atoms with Gasteiger partial charge in [-0.15, -0.1) is 6.42 Å². The van der Waals surface area contributed by atoms with Gasteiger partial charge in [-0.1, -0.05) is 12.0 Å². The number of nitrogens with one attached hydrogen (secondary N) is 1. The molecular formula is C17H21N3O3. The van der Waals surface area contributed by atoms with Crippen molar-refractivity contribution in [2.45, 2.75) is 6.92 Å². The average molecular weight is 315 g/mol. The number of methoxy groups -OCH3 is 1. The summed E-state index contributed by atoms with van der Waals surface area (Å²) in [6, 6.07) is 5.23. The van der Waals surface area contributed by atoms with Crippen LogP contribution in [0.3, 0.4) is 0 Å². The number of piperazine rings is 1. The highest BCUT2D eigenvalue weighted by Crippen LogP contribution is 2.20. The van der Waals surface area contributed by atoms with Crippen LogP contribution < -0.4 is 10.1 Å². The Morgan fingerprint density at radius 1 is 1.26 bits per heavy atom. The Bertz CT molecular complexity index is 628. The van der Waals surface area contributed by atoms with Crippen LogP contribution in [0.5, 0.6) is 5.75 Å². The van der Waals surface area contributed by atoms with E-state index in [4.69, 9.17) is 11.2 Å². The Morgan fingerprint density at radius 3 is 2.52 bits per heavy atom. The molecule has 0 radical (unpaired) electrons. The van der Waals surface area contributed by atoms with E-state index in [2.05, 4.69) is 11.2 Å². The molecule has 0 saturated carbocycles. The van der Waals surface area contributed by atoms with Gasteiger partial charge >= 0.3 is 6.03 Å². The van der Waals surface area contributed by atoms with Gasteiger partial charge in [-0.3, -0.25) is 4.79 Å². The summed E-state index contributed by atoms with van der Waals surface area (Å²) in [5.74, 6) is 3.01. The molecule has 0 aromatic heterocycles. The molecule has 122 valence electrons. The highest BCUT2D eigenvalue weighted by atomic mass is 16.5. The summed E-state index contributed by atoms with van der Waals surface area (Å²) in [7, 11) is 1.59. The van der Waals surface area contributed by atoms with E-state index < -0.39 is 0 Å². The van der Waals surface area contributed by atoms with E-state index >= 15 is 0 Å². The summed E-state index contributed by atoms with van der Waals surface area (Å²) >= 11 is 0. The predicted molar refractivity (Wildman–Crippen MR) is 87.4 cm³/mol. The second kappa shape index (κ2) is 7.54. The highest BCUT2D eigenvalue weighted by Gasteiger charge is 2.24. The Balaban J connectivity index is 1.96. The molecule has 23 heavy (non-hydrogen) atoms. The summed E-state index contributed by atoms with van der Waals surface area (Å²) in [5.41, 5.74) is 1.58. The third-order valence-corrected chi connectivity index (χ3v) is 3.85. The van der Waals surface area contributed by atoms with E-state index in [0.29, 0.717) is 37.5 Å². The molecule has 1 aromatic carbocycles. The average Bonchev–Trinajstić information content (AvgIpc) is 2.59. The zero-order valence-corrected chi connectivity index (χ0v) is 13.5. The van der Waals surface area contributed by atoms with Crippen LogP contribution in [0.15, 0.2) is 18.2 Å². The lowest BCUT2D eigenvalue weighted by Crippen LogP contribution is -2.53. The summed E-state index contributed by atoms with van der Waals surface area (Å²) < 4.78 is 5.26. The Hall–Kier alpha value is -2.68. The van der Waals surface area contributed by atoms with Crippen molar-refractivity contribution in [3.63, 3.8) is 0 Å². The minimum Gasteiger partial charge on any atom is -0.496 e. The van der Waals surface area contributed by atoms with Crippen molar-refractivity contribution in [2.24, 2.45) is 0 Å². The lowest BCUT2D eigenvalue weighted by Gasteiger charge is -2.34. The van der Waals surface area contributed by atoms with Crippen molar-refractivity contribution >= 4 is 11.9 Å². The van der Waals surface area contributed by atoms with Gasteiger partial charge in [0.05, 0.1) is 13.7 Å². The van der Waals surface area contributed by atoms with Gasteiger partial charge in [0.1, 0.15) is 5.75 Å². The normalized spacial score (nSPS) is 14.1. The van der Waals surface area contributed by atoms with E-state index in [-0.39, 0.29) is 18.5 Å². The Labute approximate surface area is 136 Å². The van der Waals surface area contributed by atoms with Gasteiger partial charge in [0.15, 0.2) is 0 Å². The predicted octanol–water partition coefficient (Wildman–Crippen LogP) is 1.10. The number of hydrogen-bond acceptors (Lipinski definition) is 3. The van der Waals surface area contributed by atoms with Crippen molar-refractivity contribution in [3.05, 3.63) is 29.3 Å². The van der Waals surface area contributed by atoms with E-state index in [0.717, 1.165) is 5.56 Å². The first kappa shape index (κ1) is 16.7. The molecule has 1 N–H and O–H groups in total. The lowest BCUT2D eigenvalue weighted by molar-refractivity contribution is 0.0665. The third kappa shape index (κ3) is 3.95. The molecule has 1 aliphatic heterocycles. The molecule has 0 aliphatic carbocycles. The van der Waals surface area contributed by atoms with Gasteiger partial charge in [-0.25, -0.2) is 4.79 Å². The number of rotatable bonds is 3. The van der Waals surface area contributed by atoms with Crippen molar-refractivity contribution in [2.75, 3.05) is 39.8 Å². The molecule has 0 unspecified atom stereocenters. The number of hydrogen-bond donors (Lipinski definition) is 1. The topological polar surface area (TPSA) is 61.9 Å². The van der Waals surface area contributed by atoms with Crippen LogP contribution in [0, 0.1) is 19.3 Å². The molecule has 1 heterocycles. The maximum absolute atomic E-state index is 12.6. The quantitative estimate of drug-likeness (QED) is 0.850. The maximum atomic E-state index is 12.6. The summed E-state index contributed by atoms with van der Waals surface area (Å²) in [6.07, 6.45) is 5.12. The van der Waals surface area contributed by atoms with E-state index in [9.17, 15) is 9.59 Å². The fourth-order valence-corrected chi connectivity index (χ4v) is 2.49. The minimum atomic E-state index is -0.188. The largest absolute Gasteiger partial charge is 0.496 e. The first-order valence-corrected chi connectivity index (χ1v) is 7.47. The van der Waals surface area contributed by atoms with Crippen molar-refractivity contribution in [3.8, 4) is 18.1 Å². The van der Waals surface area contributed by atoms with Gasteiger partial charge in [0.2, 0.25) is 0 Å². The first-order chi connectivity index (χ1) is 11.1. The number of carbonyl (C=O) groups excluding carboxylic acids is 2. The second-order valence-electron chi connectivity index (χ2n) is 5.33. The third-order valence-electron chi connectivity index (χ3n) is 3.85. The van der Waals surface area contributed by atoms with Crippen LogP contribution in [0.25, 0.3) is 0 Å². The van der Waals surface area contributed by atoms with Gasteiger partial charge in [-0.2, -0.15) is 0 Å². The number of terminal acetylenes is 1. The molecular weight excluding hydrogens is 294 g/mol. The molecule has 6 nitrogen and oxygen atoms in total. The number of nitrogens with zero attached hydrogens (tertiary/aromatic N) is 2. The number of urea groups is 1. The van der Waals surface area contributed by atoms with Gasteiger partial charge in [0.25, 0.3) is 5.91 Å². The van der Waals surface area contributed by atoms with Crippen LogP contribution >= 0.6 is 0 Å². The zero-order chi connectivity index (χ0) is 16.8. The van der Waals surface area contributed by atoms with Gasteiger partial charge in [-0.05, 0) is 24.6 Å². The molecule has 1 saturated heterocycles. The first-order valence-electron chi connectivity index (χ1n) is 7.47. The van der Waals surface area contributed by atoms with E-state index in [1.54, 1.807) is 29.0 Å². The van der Waals surface area contributed by atoms with E-state index in [1.165, 1.54) is 0 Å². The fraction of sp³-hybridized carbons (Fsp3) is 0.412. The monoisotopic (exact) mass is 315 g/mol. The number of aryl methyl sites for hydroxylation is 1. The molecule has 2 rings (SSSR count). The molecule has 1 aliphatic rings. The molecule has 3 amide bonds. The van der Waals surface area contributed by atoms with E-state index in [1.807, 2.05) is 13.0 Å².